The fourth-order valence-electron chi connectivity index (χ4n) is 1.94. The summed E-state index contributed by atoms with van der Waals surface area (Å²) in [6.45, 7) is 0.526. The molecular weight excluding hydrogens is 184 g/mol. The molecule has 2 amide bonds. The van der Waals surface area contributed by atoms with Crippen molar-refractivity contribution in [3.8, 4) is 0 Å². The number of piperidine rings is 1. The van der Waals surface area contributed by atoms with E-state index in [-0.39, 0.29) is 30.2 Å². The Balaban J connectivity index is 1.92. The van der Waals surface area contributed by atoms with E-state index in [0.29, 0.717) is 6.54 Å². The Morgan fingerprint density at radius 2 is 2.07 bits per heavy atom. The number of hydrogen-bond donors (Lipinski definition) is 2. The summed E-state index contributed by atoms with van der Waals surface area (Å²) in [6.07, 6.45) is 0.0569. The average molecular weight is 198 g/mol. The van der Waals surface area contributed by atoms with E-state index in [4.69, 9.17) is 0 Å². The van der Waals surface area contributed by atoms with Crippen LogP contribution in [0, 0.1) is 11.8 Å². The first-order chi connectivity index (χ1) is 6.65. The zero-order valence-electron chi connectivity index (χ0n) is 8.06. The molecule has 1 saturated heterocycles. The van der Waals surface area contributed by atoms with Crippen LogP contribution in [-0.4, -0.2) is 48.1 Å². The molecule has 5 nitrogen and oxygen atoms in total. The third kappa shape index (κ3) is 1.42. The lowest BCUT2D eigenvalue weighted by Gasteiger charge is -2.19. The second-order valence-electron chi connectivity index (χ2n) is 3.95. The number of β-amino-alcohol motifs (C(OH)–C–C–N with tert-alkyl or cyclic N) is 1. The topological polar surface area (TPSA) is 69.6 Å². The van der Waals surface area contributed by atoms with Crippen molar-refractivity contribution < 1.29 is 14.7 Å². The number of imide groups is 1. The molecule has 3 unspecified atom stereocenters. The van der Waals surface area contributed by atoms with Crippen molar-refractivity contribution in [1.82, 2.24) is 10.2 Å². The second-order valence-corrected chi connectivity index (χ2v) is 3.95. The zero-order chi connectivity index (χ0) is 10.3. The van der Waals surface area contributed by atoms with Gasteiger partial charge in [0.2, 0.25) is 11.8 Å². The van der Waals surface area contributed by atoms with Gasteiger partial charge < -0.3 is 10.4 Å². The minimum Gasteiger partial charge on any atom is -0.390 e. The summed E-state index contributed by atoms with van der Waals surface area (Å²) < 4.78 is 0. The molecular formula is C9H14N2O3. The van der Waals surface area contributed by atoms with E-state index in [2.05, 4.69) is 5.32 Å². The van der Waals surface area contributed by atoms with Crippen LogP contribution in [0.4, 0.5) is 0 Å². The van der Waals surface area contributed by atoms with Crippen LogP contribution in [0.3, 0.4) is 0 Å². The molecule has 5 heteroatoms. The number of fused-ring (bicyclic) bond motifs is 1. The smallest absolute Gasteiger partial charge is 0.233 e. The molecule has 0 aromatic heterocycles. The molecule has 1 heterocycles. The van der Waals surface area contributed by atoms with Gasteiger partial charge in [0.15, 0.2) is 0 Å². The van der Waals surface area contributed by atoms with Crippen molar-refractivity contribution in [3.63, 3.8) is 0 Å². The van der Waals surface area contributed by atoms with Crippen LogP contribution >= 0.6 is 0 Å². The van der Waals surface area contributed by atoms with Crippen molar-refractivity contribution in [2.24, 2.45) is 11.8 Å². The van der Waals surface area contributed by atoms with Gasteiger partial charge in [-0.05, 0) is 13.5 Å². The van der Waals surface area contributed by atoms with E-state index in [9.17, 15) is 14.7 Å². The molecule has 2 rings (SSSR count). The monoisotopic (exact) mass is 198 g/mol. The Morgan fingerprint density at radius 1 is 1.50 bits per heavy atom. The van der Waals surface area contributed by atoms with Gasteiger partial charge in [0.05, 0.1) is 24.5 Å². The Hall–Kier alpha value is -0.940. The molecule has 1 aliphatic heterocycles. The van der Waals surface area contributed by atoms with Crippen molar-refractivity contribution >= 4 is 11.8 Å². The third-order valence-corrected chi connectivity index (χ3v) is 2.79. The highest BCUT2D eigenvalue weighted by Gasteiger charge is 2.58. The molecule has 0 aromatic carbocycles. The Kier molecular flexibility index (Phi) is 2.28. The van der Waals surface area contributed by atoms with Crippen LogP contribution in [0.25, 0.3) is 0 Å². The molecule has 3 atom stereocenters. The number of hydrogen-bond acceptors (Lipinski definition) is 4. The normalized spacial score (nSPS) is 32.0. The molecule has 0 bridgehead atoms. The van der Waals surface area contributed by atoms with E-state index in [1.165, 1.54) is 4.90 Å². The molecule has 14 heavy (non-hydrogen) atoms. The van der Waals surface area contributed by atoms with Gasteiger partial charge in [0, 0.05) is 6.54 Å². The second kappa shape index (κ2) is 3.33. The number of aliphatic hydroxyl groups is 1. The Bertz CT molecular complexity index is 259. The number of likely N-dealkylation sites (tertiary alicyclic amines) is 1. The molecule has 2 aliphatic rings. The standard InChI is InChI=1S/C9H14N2O3/c1-10-3-5(12)4-11-8(13)6-2-7(6)9(11)14/h5-7,10,12H,2-4H2,1H3. The Labute approximate surface area is 82.1 Å². The van der Waals surface area contributed by atoms with Gasteiger partial charge in [-0.2, -0.15) is 0 Å². The first-order valence-electron chi connectivity index (χ1n) is 4.83. The van der Waals surface area contributed by atoms with Gasteiger partial charge in [-0.25, -0.2) is 0 Å². The minimum atomic E-state index is -0.662. The van der Waals surface area contributed by atoms with Gasteiger partial charge in [0.25, 0.3) is 0 Å². The maximum absolute atomic E-state index is 11.5. The highest BCUT2D eigenvalue weighted by Crippen LogP contribution is 2.46. The lowest BCUT2D eigenvalue weighted by molar-refractivity contribution is -0.142. The fourth-order valence-corrected chi connectivity index (χ4v) is 1.94. The average Bonchev–Trinajstić information content (AvgIpc) is 2.87. The van der Waals surface area contributed by atoms with Gasteiger partial charge >= 0.3 is 0 Å². The molecule has 0 radical (unpaired) electrons. The van der Waals surface area contributed by atoms with Crippen molar-refractivity contribution in [2.45, 2.75) is 12.5 Å². The number of carbonyl (C=O) groups excluding carboxylic acids is 2. The first-order valence-corrected chi connectivity index (χ1v) is 4.83. The van der Waals surface area contributed by atoms with Crippen LogP contribution in [0.1, 0.15) is 6.42 Å². The lowest BCUT2D eigenvalue weighted by atomic mass is 10.3. The maximum Gasteiger partial charge on any atom is 0.233 e. The van der Waals surface area contributed by atoms with E-state index < -0.39 is 6.10 Å². The number of likely N-dealkylation sites (N-methyl/N-ethyl adjacent to an activating group) is 1. The number of nitrogens with zero attached hydrogens (tertiary/aromatic N) is 1. The summed E-state index contributed by atoms with van der Waals surface area (Å²) in [5, 5.41) is 12.2. The first kappa shape index (κ1) is 9.61. The molecule has 0 spiro atoms. The van der Waals surface area contributed by atoms with Crippen LogP contribution in [0.2, 0.25) is 0 Å². The van der Waals surface area contributed by atoms with Gasteiger partial charge in [-0.15, -0.1) is 0 Å². The van der Waals surface area contributed by atoms with Crippen molar-refractivity contribution in [1.29, 1.82) is 0 Å². The summed E-state index contributed by atoms with van der Waals surface area (Å²) in [6, 6.07) is 0. The zero-order valence-corrected chi connectivity index (χ0v) is 8.06. The molecule has 2 N–H and O–H groups in total. The van der Waals surface area contributed by atoms with Crippen LogP contribution < -0.4 is 5.32 Å². The SMILES string of the molecule is CNCC(O)CN1C(=O)C2CC2C1=O. The maximum atomic E-state index is 11.5. The summed E-state index contributed by atoms with van der Waals surface area (Å²) in [7, 11) is 1.72. The minimum absolute atomic E-state index is 0.0655. The fraction of sp³-hybridized carbons (Fsp3) is 0.778. The third-order valence-electron chi connectivity index (χ3n) is 2.79. The highest BCUT2D eigenvalue weighted by atomic mass is 16.3. The largest absolute Gasteiger partial charge is 0.390 e. The Morgan fingerprint density at radius 3 is 2.57 bits per heavy atom. The van der Waals surface area contributed by atoms with E-state index in [1.807, 2.05) is 0 Å². The van der Waals surface area contributed by atoms with Crippen molar-refractivity contribution in [2.75, 3.05) is 20.1 Å². The molecule has 1 aliphatic carbocycles. The summed E-state index contributed by atoms with van der Waals surface area (Å²) >= 11 is 0. The number of aliphatic hydroxyl groups excluding tert-OH is 1. The van der Waals surface area contributed by atoms with E-state index in [0.717, 1.165) is 6.42 Å². The van der Waals surface area contributed by atoms with Crippen LogP contribution in [0.15, 0.2) is 0 Å². The molecule has 78 valence electrons. The van der Waals surface area contributed by atoms with Crippen LogP contribution in [0.5, 0.6) is 0 Å². The molecule has 2 fully saturated rings. The predicted molar refractivity (Wildman–Crippen MR) is 48.3 cm³/mol. The van der Waals surface area contributed by atoms with Gasteiger partial charge in [-0.1, -0.05) is 0 Å². The quantitative estimate of drug-likeness (QED) is 0.543. The number of rotatable bonds is 4. The summed E-state index contributed by atoms with van der Waals surface area (Å²) in [4.78, 5) is 24.1. The van der Waals surface area contributed by atoms with Gasteiger partial charge in [0.1, 0.15) is 0 Å². The molecule has 1 saturated carbocycles. The number of carbonyl (C=O) groups is 2. The van der Waals surface area contributed by atoms with Crippen molar-refractivity contribution in [3.05, 3.63) is 0 Å². The van der Waals surface area contributed by atoms with Crippen LogP contribution in [-0.2, 0) is 9.59 Å². The molecule has 0 aromatic rings. The summed E-state index contributed by atoms with van der Waals surface area (Å²) in [5.74, 6) is -0.334. The highest BCUT2D eigenvalue weighted by molar-refractivity contribution is 6.08. The lowest BCUT2D eigenvalue weighted by Crippen LogP contribution is -2.42. The number of nitrogens with one attached hydrogen (secondary N) is 1. The van der Waals surface area contributed by atoms with E-state index >= 15 is 0 Å². The predicted octanol–water partition coefficient (Wildman–Crippen LogP) is -1.43. The summed E-state index contributed by atoms with van der Waals surface area (Å²) in [5.41, 5.74) is 0. The van der Waals surface area contributed by atoms with E-state index in [1.54, 1.807) is 7.05 Å². The van der Waals surface area contributed by atoms with Gasteiger partial charge in [-0.3, -0.25) is 14.5 Å². The number of amides is 2.